The van der Waals surface area contributed by atoms with E-state index in [1.54, 1.807) is 0 Å². The molecule has 1 aromatic heterocycles. The second-order valence-corrected chi connectivity index (χ2v) is 6.70. The van der Waals surface area contributed by atoms with Crippen molar-refractivity contribution in [3.63, 3.8) is 0 Å². The van der Waals surface area contributed by atoms with Crippen molar-refractivity contribution in [1.29, 1.82) is 0 Å². The lowest BCUT2D eigenvalue weighted by Crippen LogP contribution is -2.02. The normalized spacial score (nSPS) is 11.7. The third kappa shape index (κ3) is 2.57. The molecule has 0 aliphatic rings. The summed E-state index contributed by atoms with van der Waals surface area (Å²) in [5.74, 6) is -11.4. The molecular formula is C21H12F6O. The Labute approximate surface area is 155 Å². The first-order valence-electron chi connectivity index (χ1n) is 8.31. The van der Waals surface area contributed by atoms with Gasteiger partial charge in [-0.1, -0.05) is 23.8 Å². The summed E-state index contributed by atoms with van der Waals surface area (Å²) in [7, 11) is 0. The lowest BCUT2D eigenvalue weighted by atomic mass is 10.0. The van der Waals surface area contributed by atoms with E-state index in [1.165, 1.54) is 6.07 Å². The number of aryl methyl sites for hydroxylation is 2. The molecule has 1 heterocycles. The Balaban J connectivity index is 2.03. The second-order valence-electron chi connectivity index (χ2n) is 6.70. The zero-order valence-electron chi connectivity index (χ0n) is 14.7. The molecule has 0 saturated carbocycles. The van der Waals surface area contributed by atoms with Gasteiger partial charge in [0.2, 0.25) is 5.82 Å². The maximum atomic E-state index is 14.4. The smallest absolute Gasteiger partial charge is 0.202 e. The Morgan fingerprint density at radius 2 is 1.32 bits per heavy atom. The van der Waals surface area contributed by atoms with Crippen LogP contribution in [0.15, 0.2) is 28.7 Å². The lowest BCUT2D eigenvalue weighted by Gasteiger charge is -2.07. The zero-order chi connectivity index (χ0) is 20.3. The lowest BCUT2D eigenvalue weighted by molar-refractivity contribution is 0.414. The van der Waals surface area contributed by atoms with Gasteiger partial charge >= 0.3 is 0 Å². The van der Waals surface area contributed by atoms with Crippen molar-refractivity contribution >= 4 is 21.7 Å². The summed E-state index contributed by atoms with van der Waals surface area (Å²) < 4.78 is 89.6. The zero-order valence-corrected chi connectivity index (χ0v) is 14.7. The number of halogens is 6. The number of fused-ring (bicyclic) bond motifs is 3. The first-order chi connectivity index (χ1) is 13.2. The minimum absolute atomic E-state index is 0.138. The molecule has 28 heavy (non-hydrogen) atoms. The van der Waals surface area contributed by atoms with Gasteiger partial charge in [0.25, 0.3) is 0 Å². The van der Waals surface area contributed by atoms with Crippen LogP contribution >= 0.6 is 0 Å². The third-order valence-electron chi connectivity index (χ3n) is 4.80. The minimum Gasteiger partial charge on any atom is -0.457 e. The summed E-state index contributed by atoms with van der Waals surface area (Å²) in [6, 6.07) is 6.82. The largest absolute Gasteiger partial charge is 0.457 e. The van der Waals surface area contributed by atoms with Gasteiger partial charge in [0.1, 0.15) is 5.76 Å². The van der Waals surface area contributed by atoms with Crippen molar-refractivity contribution in [3.05, 3.63) is 81.6 Å². The van der Waals surface area contributed by atoms with Crippen molar-refractivity contribution in [2.75, 3.05) is 0 Å². The van der Waals surface area contributed by atoms with Crippen LogP contribution in [-0.2, 0) is 6.42 Å². The average Bonchev–Trinajstić information content (AvgIpc) is 3.07. The first-order valence-corrected chi connectivity index (χ1v) is 8.31. The van der Waals surface area contributed by atoms with Crippen LogP contribution in [0.25, 0.3) is 21.7 Å². The Bertz CT molecular complexity index is 1270. The maximum Gasteiger partial charge on any atom is 0.202 e. The highest BCUT2D eigenvalue weighted by Crippen LogP contribution is 2.38. The monoisotopic (exact) mass is 394 g/mol. The Morgan fingerprint density at radius 1 is 0.714 bits per heavy atom. The molecule has 0 amide bonds. The van der Waals surface area contributed by atoms with Crippen molar-refractivity contribution in [1.82, 2.24) is 0 Å². The Hall–Kier alpha value is -2.96. The van der Waals surface area contributed by atoms with E-state index in [0.717, 1.165) is 16.7 Å². The summed E-state index contributed by atoms with van der Waals surface area (Å²) in [6.07, 6.45) is 0.165. The molecule has 0 spiro atoms. The fourth-order valence-electron chi connectivity index (χ4n) is 3.36. The minimum atomic E-state index is -2.21. The van der Waals surface area contributed by atoms with Gasteiger partial charge in [-0.15, -0.1) is 0 Å². The van der Waals surface area contributed by atoms with Crippen LogP contribution in [0.2, 0.25) is 0 Å². The van der Waals surface area contributed by atoms with Crippen molar-refractivity contribution in [2.45, 2.75) is 20.3 Å². The Morgan fingerprint density at radius 3 is 2.00 bits per heavy atom. The van der Waals surface area contributed by atoms with Gasteiger partial charge in [0, 0.05) is 17.2 Å². The molecule has 144 valence electrons. The predicted molar refractivity (Wildman–Crippen MR) is 92.2 cm³/mol. The van der Waals surface area contributed by atoms with E-state index in [0.29, 0.717) is 0 Å². The highest BCUT2D eigenvalue weighted by molar-refractivity contribution is 6.07. The summed E-state index contributed by atoms with van der Waals surface area (Å²) in [5.41, 5.74) is 2.01. The molecule has 0 radical (unpaired) electrons. The number of rotatable bonds is 2. The van der Waals surface area contributed by atoms with Crippen LogP contribution in [0.3, 0.4) is 0 Å². The quantitative estimate of drug-likeness (QED) is 0.211. The van der Waals surface area contributed by atoms with E-state index in [9.17, 15) is 26.3 Å². The van der Waals surface area contributed by atoms with E-state index in [4.69, 9.17) is 4.42 Å². The molecule has 0 bridgehead atoms. The molecule has 0 fully saturated rings. The fourth-order valence-corrected chi connectivity index (χ4v) is 3.36. The van der Waals surface area contributed by atoms with Gasteiger partial charge in [-0.3, -0.25) is 0 Å². The molecule has 0 aliphatic heterocycles. The van der Waals surface area contributed by atoms with Crippen LogP contribution in [0.1, 0.15) is 22.5 Å². The van der Waals surface area contributed by atoms with E-state index in [-0.39, 0.29) is 17.6 Å². The fraction of sp³-hybridized carbons (Fsp3) is 0.143. The second kappa shape index (κ2) is 6.29. The predicted octanol–water partition coefficient (Wildman–Crippen LogP) is 6.63. The number of benzene rings is 3. The molecule has 0 unspecified atom stereocenters. The molecule has 7 heteroatoms. The van der Waals surface area contributed by atoms with Crippen molar-refractivity contribution < 1.29 is 30.8 Å². The summed E-state index contributed by atoms with van der Waals surface area (Å²) in [4.78, 5) is 0. The number of hydrogen-bond acceptors (Lipinski definition) is 1. The van der Waals surface area contributed by atoms with Crippen molar-refractivity contribution in [3.8, 4) is 0 Å². The van der Waals surface area contributed by atoms with Crippen molar-refractivity contribution in [2.24, 2.45) is 0 Å². The topological polar surface area (TPSA) is 13.1 Å². The number of furan rings is 1. The van der Waals surface area contributed by atoms with Gasteiger partial charge in [0.15, 0.2) is 34.7 Å². The summed E-state index contributed by atoms with van der Waals surface area (Å²) in [5, 5.41) is -2.56. The summed E-state index contributed by atoms with van der Waals surface area (Å²) >= 11 is 0. The summed E-state index contributed by atoms with van der Waals surface area (Å²) in [6.45, 7) is 3.72. The van der Waals surface area contributed by atoms with Gasteiger partial charge in [-0.25, -0.2) is 22.0 Å². The maximum absolute atomic E-state index is 14.4. The van der Waals surface area contributed by atoms with Crippen LogP contribution in [0, 0.1) is 48.8 Å². The standard InChI is InChI=1S/C21H12F6O/c1-8-3-4-9(2)10(5-8)6-11-7-12-13-14(17(24)20(27)21(12)28-11)16(23)19(26)18(25)15(13)22/h3-5,7H,6H2,1-2H3. The highest BCUT2D eigenvalue weighted by Gasteiger charge is 2.29. The van der Waals surface area contributed by atoms with E-state index in [1.807, 2.05) is 32.0 Å². The first kappa shape index (κ1) is 18.4. The van der Waals surface area contributed by atoms with E-state index in [2.05, 4.69) is 0 Å². The molecule has 3 aromatic carbocycles. The van der Waals surface area contributed by atoms with Gasteiger partial charge in [-0.2, -0.15) is 4.39 Å². The molecule has 0 aliphatic carbocycles. The molecule has 4 aromatic rings. The van der Waals surface area contributed by atoms with Gasteiger partial charge in [-0.05, 0) is 31.0 Å². The van der Waals surface area contributed by atoms with Gasteiger partial charge < -0.3 is 4.42 Å². The van der Waals surface area contributed by atoms with Gasteiger partial charge in [0.05, 0.1) is 5.39 Å². The molecule has 0 atom stereocenters. The van der Waals surface area contributed by atoms with Crippen LogP contribution in [0.4, 0.5) is 26.3 Å². The van der Waals surface area contributed by atoms with E-state index >= 15 is 0 Å². The number of hydrogen-bond donors (Lipinski definition) is 0. The molecule has 1 nitrogen and oxygen atoms in total. The molecule has 0 N–H and O–H groups in total. The molecule has 0 saturated heterocycles. The SMILES string of the molecule is Cc1ccc(C)c(Cc2cc3c(o2)c(F)c(F)c2c(F)c(F)c(F)c(F)c23)c1. The van der Waals surface area contributed by atoms with Crippen LogP contribution < -0.4 is 0 Å². The highest BCUT2D eigenvalue weighted by atomic mass is 19.2. The van der Waals surface area contributed by atoms with Crippen LogP contribution in [-0.4, -0.2) is 0 Å². The molecular weight excluding hydrogens is 382 g/mol. The Kier molecular flexibility index (Phi) is 4.14. The average molecular weight is 394 g/mol. The third-order valence-corrected chi connectivity index (χ3v) is 4.80. The van der Waals surface area contributed by atoms with Crippen LogP contribution in [0.5, 0.6) is 0 Å². The van der Waals surface area contributed by atoms with E-state index < -0.39 is 51.3 Å². The molecule has 4 rings (SSSR count).